The third-order valence-electron chi connectivity index (χ3n) is 3.28. The first-order valence-electron chi connectivity index (χ1n) is 7.80. The van der Waals surface area contributed by atoms with Crippen LogP contribution in [0.4, 0.5) is 14.5 Å². The van der Waals surface area contributed by atoms with Crippen LogP contribution in [-0.2, 0) is 4.79 Å². The number of nitrogens with one attached hydrogen (secondary N) is 1. The monoisotopic (exact) mass is 363 g/mol. The van der Waals surface area contributed by atoms with Gasteiger partial charge in [-0.1, -0.05) is 30.4 Å². The van der Waals surface area contributed by atoms with Crippen LogP contribution < -0.4 is 19.5 Å². The predicted octanol–water partition coefficient (Wildman–Crippen LogP) is 4.35. The molecule has 0 spiro atoms. The van der Waals surface area contributed by atoms with Crippen LogP contribution in [0.2, 0.25) is 0 Å². The molecule has 2 rings (SSSR count). The SMILES string of the molecule is C/C=C/c1ccc(OCC(=O)Nc2ccccc2OC(F)F)c(OC)c1. The smallest absolute Gasteiger partial charge is 0.387 e. The highest BCUT2D eigenvalue weighted by atomic mass is 19.3. The van der Waals surface area contributed by atoms with Crippen molar-refractivity contribution in [2.45, 2.75) is 13.5 Å². The fourth-order valence-corrected chi connectivity index (χ4v) is 2.20. The second-order valence-electron chi connectivity index (χ2n) is 5.12. The molecule has 1 N–H and O–H groups in total. The molecule has 2 aromatic rings. The molecule has 0 saturated carbocycles. The number of carbonyl (C=O) groups is 1. The van der Waals surface area contributed by atoms with Gasteiger partial charge >= 0.3 is 6.61 Å². The molecule has 0 heterocycles. The average Bonchev–Trinajstić information content (AvgIpc) is 2.62. The Morgan fingerprint density at radius 1 is 1.15 bits per heavy atom. The van der Waals surface area contributed by atoms with Gasteiger partial charge < -0.3 is 19.5 Å². The van der Waals surface area contributed by atoms with Crippen molar-refractivity contribution in [3.63, 3.8) is 0 Å². The van der Waals surface area contributed by atoms with Crippen LogP contribution >= 0.6 is 0 Å². The van der Waals surface area contributed by atoms with Gasteiger partial charge in [-0.25, -0.2) is 0 Å². The van der Waals surface area contributed by atoms with E-state index in [-0.39, 0.29) is 18.0 Å². The van der Waals surface area contributed by atoms with Crippen molar-refractivity contribution >= 4 is 17.7 Å². The second kappa shape index (κ2) is 9.41. The van der Waals surface area contributed by atoms with Gasteiger partial charge in [0.25, 0.3) is 5.91 Å². The summed E-state index contributed by atoms with van der Waals surface area (Å²) < 4.78 is 39.9. The molecular formula is C19H19F2NO4. The molecule has 1 amide bonds. The minimum Gasteiger partial charge on any atom is -0.493 e. The van der Waals surface area contributed by atoms with Crippen molar-refractivity contribution < 1.29 is 27.8 Å². The van der Waals surface area contributed by atoms with Gasteiger partial charge in [0.15, 0.2) is 18.1 Å². The summed E-state index contributed by atoms with van der Waals surface area (Å²) in [6, 6.07) is 11.2. The molecule has 0 aliphatic rings. The van der Waals surface area contributed by atoms with Gasteiger partial charge in [-0.2, -0.15) is 8.78 Å². The summed E-state index contributed by atoms with van der Waals surface area (Å²) in [5.41, 5.74) is 1.07. The topological polar surface area (TPSA) is 56.8 Å². The Hall–Kier alpha value is -3.09. The first-order chi connectivity index (χ1) is 12.5. The molecule has 2 aromatic carbocycles. The largest absolute Gasteiger partial charge is 0.493 e. The lowest BCUT2D eigenvalue weighted by Crippen LogP contribution is -2.21. The Bertz CT molecular complexity index is 778. The van der Waals surface area contributed by atoms with E-state index in [1.807, 2.05) is 25.1 Å². The van der Waals surface area contributed by atoms with Crippen molar-refractivity contribution in [2.75, 3.05) is 19.0 Å². The maximum Gasteiger partial charge on any atom is 0.387 e. The van der Waals surface area contributed by atoms with Gasteiger partial charge in [0, 0.05) is 0 Å². The van der Waals surface area contributed by atoms with Crippen molar-refractivity contribution in [1.82, 2.24) is 0 Å². The summed E-state index contributed by atoms with van der Waals surface area (Å²) in [5, 5.41) is 2.48. The third kappa shape index (κ3) is 5.47. The maximum atomic E-state index is 12.4. The van der Waals surface area contributed by atoms with E-state index in [2.05, 4.69) is 10.1 Å². The first kappa shape index (κ1) is 19.2. The number of methoxy groups -OCH3 is 1. The average molecular weight is 363 g/mol. The third-order valence-corrected chi connectivity index (χ3v) is 3.28. The number of alkyl halides is 2. The van der Waals surface area contributed by atoms with E-state index < -0.39 is 12.5 Å². The number of para-hydroxylation sites is 2. The lowest BCUT2D eigenvalue weighted by Gasteiger charge is -2.13. The zero-order chi connectivity index (χ0) is 18.9. The van der Waals surface area contributed by atoms with Crippen LogP contribution in [0.3, 0.4) is 0 Å². The number of halogens is 2. The van der Waals surface area contributed by atoms with E-state index in [1.54, 1.807) is 18.2 Å². The highest BCUT2D eigenvalue weighted by Gasteiger charge is 2.13. The summed E-state index contributed by atoms with van der Waals surface area (Å²) in [5.74, 6) is 0.238. The van der Waals surface area contributed by atoms with Gasteiger partial charge in [-0.15, -0.1) is 0 Å². The first-order valence-corrected chi connectivity index (χ1v) is 7.80. The summed E-state index contributed by atoms with van der Waals surface area (Å²) in [6.07, 6.45) is 3.79. The lowest BCUT2D eigenvalue weighted by atomic mass is 10.2. The highest BCUT2D eigenvalue weighted by Crippen LogP contribution is 2.29. The Balaban J connectivity index is 2.01. The fourth-order valence-electron chi connectivity index (χ4n) is 2.20. The molecule has 0 atom stereocenters. The van der Waals surface area contributed by atoms with Gasteiger partial charge in [0.1, 0.15) is 5.75 Å². The molecule has 0 fully saturated rings. The Morgan fingerprint density at radius 2 is 1.92 bits per heavy atom. The summed E-state index contributed by atoms with van der Waals surface area (Å²) in [4.78, 5) is 12.1. The number of benzene rings is 2. The van der Waals surface area contributed by atoms with Gasteiger partial charge in [-0.05, 0) is 36.8 Å². The number of ether oxygens (including phenoxy) is 3. The molecule has 0 radical (unpaired) electrons. The van der Waals surface area contributed by atoms with E-state index in [4.69, 9.17) is 9.47 Å². The number of hydrogen-bond acceptors (Lipinski definition) is 4. The van der Waals surface area contributed by atoms with Gasteiger partial charge in [0.2, 0.25) is 0 Å². The normalized spacial score (nSPS) is 10.8. The number of allylic oxidation sites excluding steroid dienone is 1. The molecule has 5 nitrogen and oxygen atoms in total. The molecule has 26 heavy (non-hydrogen) atoms. The zero-order valence-corrected chi connectivity index (χ0v) is 14.4. The molecule has 0 aromatic heterocycles. The minimum absolute atomic E-state index is 0.121. The number of amides is 1. The predicted molar refractivity (Wildman–Crippen MR) is 94.9 cm³/mol. The van der Waals surface area contributed by atoms with E-state index in [9.17, 15) is 13.6 Å². The van der Waals surface area contributed by atoms with E-state index >= 15 is 0 Å². The number of anilines is 1. The van der Waals surface area contributed by atoms with Crippen molar-refractivity contribution in [1.29, 1.82) is 0 Å². The number of carbonyl (C=O) groups excluding carboxylic acids is 1. The standard InChI is InChI=1S/C19H19F2NO4/c1-3-6-13-9-10-16(17(11-13)24-2)25-12-18(23)22-14-7-4-5-8-15(14)26-19(20)21/h3-11,19H,12H2,1-2H3,(H,22,23)/b6-3+. The lowest BCUT2D eigenvalue weighted by molar-refractivity contribution is -0.118. The Labute approximate surface area is 150 Å². The van der Waals surface area contributed by atoms with Crippen LogP contribution in [-0.4, -0.2) is 26.2 Å². The van der Waals surface area contributed by atoms with Crippen molar-refractivity contribution in [3.05, 3.63) is 54.1 Å². The summed E-state index contributed by atoms with van der Waals surface area (Å²) >= 11 is 0. The van der Waals surface area contributed by atoms with E-state index in [1.165, 1.54) is 25.3 Å². The van der Waals surface area contributed by atoms with Crippen LogP contribution in [0.25, 0.3) is 6.08 Å². The van der Waals surface area contributed by atoms with Crippen LogP contribution in [0.1, 0.15) is 12.5 Å². The van der Waals surface area contributed by atoms with Crippen LogP contribution in [0.15, 0.2) is 48.5 Å². The summed E-state index contributed by atoms with van der Waals surface area (Å²) in [7, 11) is 1.50. The zero-order valence-electron chi connectivity index (χ0n) is 14.4. The Morgan fingerprint density at radius 3 is 2.62 bits per heavy atom. The molecule has 0 unspecified atom stereocenters. The van der Waals surface area contributed by atoms with Crippen molar-refractivity contribution in [2.24, 2.45) is 0 Å². The quantitative estimate of drug-likeness (QED) is 0.758. The minimum atomic E-state index is -2.98. The molecule has 0 aliphatic heterocycles. The summed E-state index contributed by atoms with van der Waals surface area (Å²) in [6.45, 7) is -1.40. The number of hydrogen-bond donors (Lipinski definition) is 1. The molecule has 0 bridgehead atoms. The molecule has 0 saturated heterocycles. The second-order valence-corrected chi connectivity index (χ2v) is 5.12. The molecule has 0 aliphatic carbocycles. The van der Waals surface area contributed by atoms with Crippen molar-refractivity contribution in [3.8, 4) is 17.2 Å². The highest BCUT2D eigenvalue weighted by molar-refractivity contribution is 5.93. The van der Waals surface area contributed by atoms with Gasteiger partial charge in [-0.3, -0.25) is 4.79 Å². The van der Waals surface area contributed by atoms with Gasteiger partial charge in [0.05, 0.1) is 12.8 Å². The molecule has 7 heteroatoms. The fraction of sp³-hybridized carbons (Fsp3) is 0.211. The molecule has 138 valence electrons. The Kier molecular flexibility index (Phi) is 6.96. The number of rotatable bonds is 8. The molecular weight excluding hydrogens is 344 g/mol. The van der Waals surface area contributed by atoms with Crippen LogP contribution in [0, 0.1) is 0 Å². The van der Waals surface area contributed by atoms with E-state index in [0.717, 1.165) is 5.56 Å². The maximum absolute atomic E-state index is 12.4. The van der Waals surface area contributed by atoms with Crippen LogP contribution in [0.5, 0.6) is 17.2 Å². The van der Waals surface area contributed by atoms with E-state index in [0.29, 0.717) is 11.5 Å².